The first-order valence-corrected chi connectivity index (χ1v) is 14.0. The summed E-state index contributed by atoms with van der Waals surface area (Å²) in [6.07, 6.45) is 5.57. The number of amides is 2. The van der Waals surface area contributed by atoms with Crippen LogP contribution in [0.5, 0.6) is 0 Å². The molecule has 2 bridgehead atoms. The van der Waals surface area contributed by atoms with Crippen LogP contribution in [0, 0.1) is 5.82 Å². The lowest BCUT2D eigenvalue weighted by molar-refractivity contribution is 0.0194. The molecule has 5 heterocycles. The minimum Gasteiger partial charge on any atom is -0.447 e. The Hall–Kier alpha value is -2.43. The maximum atomic E-state index is 14.4. The molecule has 3 unspecified atom stereocenters. The van der Waals surface area contributed by atoms with E-state index in [1.807, 2.05) is 4.90 Å². The number of likely N-dealkylation sites (tertiary alicyclic amines) is 1. The number of hydrogen-bond acceptors (Lipinski definition) is 7. The van der Waals surface area contributed by atoms with Crippen molar-refractivity contribution in [3.05, 3.63) is 29.6 Å². The molecule has 0 radical (unpaired) electrons. The van der Waals surface area contributed by atoms with E-state index in [1.165, 1.54) is 6.07 Å². The fourth-order valence-corrected chi connectivity index (χ4v) is 7.39. The Bertz CT molecular complexity index is 1030. The first-order valence-electron chi connectivity index (χ1n) is 14.0. The second-order valence-electron chi connectivity index (χ2n) is 11.5. The van der Waals surface area contributed by atoms with Crippen molar-refractivity contribution in [1.29, 1.82) is 0 Å². The molecule has 1 spiro atoms. The van der Waals surface area contributed by atoms with E-state index in [-0.39, 0.29) is 49.6 Å². The largest absolute Gasteiger partial charge is 0.447 e. The smallest absolute Gasteiger partial charge is 0.414 e. The quantitative estimate of drug-likeness (QED) is 0.531. The Labute approximate surface area is 224 Å². The summed E-state index contributed by atoms with van der Waals surface area (Å²) in [7, 11) is 1.60. The zero-order valence-corrected chi connectivity index (χ0v) is 22.1. The van der Waals surface area contributed by atoms with Gasteiger partial charge < -0.3 is 28.7 Å². The molecule has 38 heavy (non-hydrogen) atoms. The monoisotopic (exact) mass is 533 g/mol. The summed E-state index contributed by atoms with van der Waals surface area (Å²) in [5.41, 5.74) is 1.41. The molecule has 4 saturated heterocycles. The average molecular weight is 534 g/mol. The summed E-state index contributed by atoms with van der Waals surface area (Å²) in [6, 6.07) is 5.62. The summed E-state index contributed by atoms with van der Waals surface area (Å²) in [4.78, 5) is 32.0. The number of piperidine rings is 2. The van der Waals surface area contributed by atoms with Crippen LogP contribution in [0.2, 0.25) is 0 Å². The van der Waals surface area contributed by atoms with Crippen molar-refractivity contribution in [2.45, 2.75) is 74.6 Å². The fraction of sp³-hybridized carbons (Fsp3) is 0.714. The van der Waals surface area contributed by atoms with E-state index in [4.69, 9.17) is 18.9 Å². The molecular weight excluding hydrogens is 493 g/mol. The third kappa shape index (κ3) is 4.75. The molecular formula is C28H40FN3O6. The highest BCUT2D eigenvalue weighted by Crippen LogP contribution is 2.49. The second kappa shape index (κ2) is 10.6. The van der Waals surface area contributed by atoms with Crippen LogP contribution in [-0.4, -0.2) is 99.4 Å². The van der Waals surface area contributed by atoms with Gasteiger partial charge in [0, 0.05) is 45.0 Å². The lowest BCUT2D eigenvalue weighted by Gasteiger charge is -2.47. The van der Waals surface area contributed by atoms with Crippen LogP contribution in [0.1, 0.15) is 51.9 Å². The van der Waals surface area contributed by atoms with Gasteiger partial charge in [0.05, 0.1) is 25.5 Å². The Morgan fingerprint density at radius 2 is 1.84 bits per heavy atom. The van der Waals surface area contributed by atoms with Crippen molar-refractivity contribution in [1.82, 2.24) is 9.80 Å². The topological polar surface area (TPSA) is 80.8 Å². The molecule has 210 valence electrons. The molecule has 4 fully saturated rings. The van der Waals surface area contributed by atoms with Crippen LogP contribution in [0.15, 0.2) is 18.2 Å². The maximum absolute atomic E-state index is 14.4. The van der Waals surface area contributed by atoms with Gasteiger partial charge in [0.15, 0.2) is 0 Å². The number of hydrogen-bond donors (Lipinski definition) is 0. The summed E-state index contributed by atoms with van der Waals surface area (Å²) >= 11 is 0. The van der Waals surface area contributed by atoms with E-state index in [9.17, 15) is 14.0 Å². The summed E-state index contributed by atoms with van der Waals surface area (Å²) in [5, 5.41) is 0. The van der Waals surface area contributed by atoms with E-state index in [0.717, 1.165) is 62.9 Å². The van der Waals surface area contributed by atoms with Crippen molar-refractivity contribution < 1.29 is 34.4 Å². The van der Waals surface area contributed by atoms with Crippen LogP contribution in [-0.2, 0) is 24.4 Å². The summed E-state index contributed by atoms with van der Waals surface area (Å²) < 4.78 is 35.9. The van der Waals surface area contributed by atoms with Gasteiger partial charge in [0.25, 0.3) is 0 Å². The molecule has 3 atom stereocenters. The van der Waals surface area contributed by atoms with Crippen molar-refractivity contribution in [3.8, 4) is 0 Å². The van der Waals surface area contributed by atoms with Gasteiger partial charge in [-0.2, -0.15) is 0 Å². The van der Waals surface area contributed by atoms with E-state index < -0.39 is 0 Å². The van der Waals surface area contributed by atoms with Gasteiger partial charge in [-0.15, -0.1) is 0 Å². The van der Waals surface area contributed by atoms with Crippen molar-refractivity contribution >= 4 is 17.9 Å². The van der Waals surface area contributed by atoms with Crippen molar-refractivity contribution in [2.24, 2.45) is 0 Å². The van der Waals surface area contributed by atoms with E-state index in [1.54, 1.807) is 24.1 Å². The molecule has 6 rings (SSSR count). The molecule has 5 aliphatic heterocycles. The molecule has 10 heteroatoms. The van der Waals surface area contributed by atoms with E-state index in [0.29, 0.717) is 38.8 Å². The van der Waals surface area contributed by atoms with Gasteiger partial charge in [-0.05, 0) is 75.4 Å². The highest BCUT2D eigenvalue weighted by atomic mass is 19.1. The van der Waals surface area contributed by atoms with Crippen LogP contribution in [0.3, 0.4) is 0 Å². The zero-order chi connectivity index (χ0) is 26.3. The van der Waals surface area contributed by atoms with Crippen molar-refractivity contribution in [2.75, 3.05) is 58.1 Å². The van der Waals surface area contributed by atoms with Crippen LogP contribution >= 0.6 is 0 Å². The fourth-order valence-electron chi connectivity index (χ4n) is 7.39. The Morgan fingerprint density at radius 1 is 1.08 bits per heavy atom. The number of benzene rings is 1. The van der Waals surface area contributed by atoms with Crippen LogP contribution < -0.4 is 4.90 Å². The SMILES string of the molecule is COCCOC(=O)N1C2CCC1CC(N1CCC3(CC1)CN(C(=O)OC1CCOC1)c1ccc(F)cc13)C2.[HH]. The first-order chi connectivity index (χ1) is 18.5. The second-order valence-corrected chi connectivity index (χ2v) is 11.5. The number of fused-ring (bicyclic) bond motifs is 4. The third-order valence-corrected chi connectivity index (χ3v) is 9.36. The van der Waals surface area contributed by atoms with Crippen LogP contribution in [0.4, 0.5) is 19.7 Å². The molecule has 5 aliphatic rings. The van der Waals surface area contributed by atoms with Crippen LogP contribution in [0.25, 0.3) is 0 Å². The average Bonchev–Trinajstić information content (AvgIpc) is 3.60. The molecule has 0 aromatic heterocycles. The highest BCUT2D eigenvalue weighted by molar-refractivity contribution is 5.91. The standard InChI is InChI=1S/C28H38FN3O6.H2/c1-35-12-13-37-27(34)32-20-3-4-21(32)16-22(15-20)30-9-7-28(8-10-30)18-31(25-5-2-19(29)14-24(25)28)26(33)38-23-6-11-36-17-23;/h2,5,14,20-23H,3-4,6-13,15-18H2,1H3;1H. The lowest BCUT2D eigenvalue weighted by atomic mass is 9.73. The van der Waals surface area contributed by atoms with E-state index >= 15 is 0 Å². The summed E-state index contributed by atoms with van der Waals surface area (Å²) in [6.45, 7) is 4.02. The predicted octanol–water partition coefficient (Wildman–Crippen LogP) is 3.93. The van der Waals surface area contributed by atoms with Gasteiger partial charge in [-0.25, -0.2) is 14.0 Å². The Kier molecular flexibility index (Phi) is 7.22. The number of halogens is 1. The van der Waals surface area contributed by atoms with Gasteiger partial charge in [0.2, 0.25) is 0 Å². The number of carbonyl (C=O) groups is 2. The zero-order valence-electron chi connectivity index (χ0n) is 22.1. The number of methoxy groups -OCH3 is 1. The molecule has 0 aliphatic carbocycles. The predicted molar refractivity (Wildman–Crippen MR) is 139 cm³/mol. The molecule has 2 amide bonds. The Balaban J connectivity index is 0.00000308. The normalized spacial score (nSPS) is 30.1. The van der Waals surface area contributed by atoms with Gasteiger partial charge in [-0.3, -0.25) is 4.90 Å². The van der Waals surface area contributed by atoms with E-state index in [2.05, 4.69) is 4.90 Å². The minimum atomic E-state index is -0.367. The summed E-state index contributed by atoms with van der Waals surface area (Å²) in [5.74, 6) is -0.272. The minimum absolute atomic E-state index is 0. The molecule has 0 saturated carbocycles. The van der Waals surface area contributed by atoms with Crippen molar-refractivity contribution in [3.63, 3.8) is 0 Å². The lowest BCUT2D eigenvalue weighted by Crippen LogP contribution is -2.55. The number of nitrogens with zero attached hydrogens (tertiary/aromatic N) is 3. The molecule has 0 N–H and O–H groups in total. The Morgan fingerprint density at radius 3 is 2.53 bits per heavy atom. The van der Waals surface area contributed by atoms with Gasteiger partial charge in [-0.1, -0.05) is 0 Å². The van der Waals surface area contributed by atoms with Gasteiger partial charge in [0.1, 0.15) is 18.5 Å². The first kappa shape index (κ1) is 25.8. The highest BCUT2D eigenvalue weighted by Gasteiger charge is 2.50. The number of rotatable bonds is 5. The number of anilines is 1. The molecule has 9 nitrogen and oxygen atoms in total. The molecule has 1 aromatic rings. The maximum Gasteiger partial charge on any atom is 0.414 e. The third-order valence-electron chi connectivity index (χ3n) is 9.36. The number of carbonyl (C=O) groups excluding carboxylic acids is 2. The number of ether oxygens (including phenoxy) is 4. The van der Waals surface area contributed by atoms with Gasteiger partial charge >= 0.3 is 12.2 Å². The molecule has 1 aromatic carbocycles.